The molecule has 166 valence electrons. The van der Waals surface area contributed by atoms with E-state index >= 15 is 0 Å². The number of nitro groups is 1. The molecule has 11 heteroatoms. The minimum Gasteiger partial charge on any atom is -0.324 e. The van der Waals surface area contributed by atoms with E-state index in [-0.39, 0.29) is 40.8 Å². The molecule has 0 fully saturated rings. The van der Waals surface area contributed by atoms with Gasteiger partial charge in [0.15, 0.2) is 10.9 Å². The fourth-order valence-corrected chi connectivity index (χ4v) is 3.85. The number of Topliss-reactive ketones (excluding diaryl/α,β-unsaturated/α-hetero) is 1. The molecule has 0 spiro atoms. The number of benzene rings is 2. The van der Waals surface area contributed by atoms with Crippen molar-refractivity contribution in [2.45, 2.75) is 31.5 Å². The number of carbonyl (C=O) groups excluding carboxylic acids is 2. The fraction of sp³-hybridized carbons (Fsp3) is 0.238. The standard InChI is InChI=1S/C21H20FN5O4S/c1-2-26-19(10-11-20(29)23-17-9-4-3-8-16(17)22)24-25-21(26)32-13-18(28)14-6-5-7-15(12-14)27(30)31/h3-9,12H,2,10-11,13H2,1H3,(H,23,29). The topological polar surface area (TPSA) is 120 Å². The lowest BCUT2D eigenvalue weighted by molar-refractivity contribution is -0.384. The van der Waals surface area contributed by atoms with E-state index in [0.29, 0.717) is 23.9 Å². The number of amides is 1. The van der Waals surface area contributed by atoms with Crippen LogP contribution in [0.5, 0.6) is 0 Å². The second-order valence-corrected chi connectivity index (χ2v) is 7.63. The SMILES string of the molecule is CCn1c(CCC(=O)Nc2ccccc2F)nnc1SCC(=O)c1cccc([N+](=O)[O-])c1. The molecule has 0 saturated carbocycles. The minimum absolute atomic E-state index is 0.0348. The van der Waals surface area contributed by atoms with Gasteiger partial charge >= 0.3 is 0 Å². The van der Waals surface area contributed by atoms with Crippen LogP contribution in [0.1, 0.15) is 29.5 Å². The highest BCUT2D eigenvalue weighted by molar-refractivity contribution is 7.99. The van der Waals surface area contributed by atoms with Gasteiger partial charge in [0, 0.05) is 37.1 Å². The van der Waals surface area contributed by atoms with Crippen LogP contribution in [0, 0.1) is 15.9 Å². The van der Waals surface area contributed by atoms with Crippen LogP contribution < -0.4 is 5.32 Å². The second-order valence-electron chi connectivity index (χ2n) is 6.69. The smallest absolute Gasteiger partial charge is 0.270 e. The van der Waals surface area contributed by atoms with Crippen LogP contribution in [0.2, 0.25) is 0 Å². The Morgan fingerprint density at radius 2 is 1.97 bits per heavy atom. The van der Waals surface area contributed by atoms with Gasteiger partial charge in [0.05, 0.1) is 16.4 Å². The van der Waals surface area contributed by atoms with Crippen molar-refractivity contribution in [2.75, 3.05) is 11.1 Å². The number of para-hydroxylation sites is 1. The van der Waals surface area contributed by atoms with E-state index in [0.717, 1.165) is 0 Å². The van der Waals surface area contributed by atoms with Gasteiger partial charge in [-0.1, -0.05) is 36.0 Å². The lowest BCUT2D eigenvalue weighted by Gasteiger charge is -2.08. The lowest BCUT2D eigenvalue weighted by Crippen LogP contribution is -2.15. The number of thioether (sulfide) groups is 1. The lowest BCUT2D eigenvalue weighted by atomic mass is 10.1. The predicted molar refractivity (Wildman–Crippen MR) is 117 cm³/mol. The summed E-state index contributed by atoms with van der Waals surface area (Å²) in [6.45, 7) is 2.42. The van der Waals surface area contributed by atoms with Crippen LogP contribution in [0.4, 0.5) is 15.8 Å². The number of aromatic nitrogens is 3. The van der Waals surface area contributed by atoms with Crippen molar-refractivity contribution in [3.63, 3.8) is 0 Å². The number of hydrogen-bond acceptors (Lipinski definition) is 7. The number of non-ortho nitro benzene ring substituents is 1. The third-order valence-electron chi connectivity index (χ3n) is 4.54. The normalized spacial score (nSPS) is 10.7. The molecule has 3 aromatic rings. The molecular weight excluding hydrogens is 437 g/mol. The zero-order valence-electron chi connectivity index (χ0n) is 17.2. The second kappa shape index (κ2) is 10.6. The van der Waals surface area contributed by atoms with E-state index in [9.17, 15) is 24.1 Å². The van der Waals surface area contributed by atoms with Crippen molar-refractivity contribution >= 4 is 34.8 Å². The fourth-order valence-electron chi connectivity index (χ4n) is 2.94. The van der Waals surface area contributed by atoms with E-state index in [1.54, 1.807) is 10.6 Å². The average Bonchev–Trinajstić information content (AvgIpc) is 3.19. The number of nitrogens with zero attached hydrogens (tertiary/aromatic N) is 4. The third kappa shape index (κ3) is 5.76. The third-order valence-corrected chi connectivity index (χ3v) is 5.51. The van der Waals surface area contributed by atoms with Gasteiger partial charge in [-0.2, -0.15) is 0 Å². The maximum atomic E-state index is 13.7. The van der Waals surface area contributed by atoms with Gasteiger partial charge in [-0.3, -0.25) is 19.7 Å². The van der Waals surface area contributed by atoms with Crippen molar-refractivity contribution in [1.82, 2.24) is 14.8 Å². The molecular formula is C21H20FN5O4S. The summed E-state index contributed by atoms with van der Waals surface area (Å²) < 4.78 is 15.5. The van der Waals surface area contributed by atoms with Crippen LogP contribution in [-0.2, 0) is 17.8 Å². The molecule has 0 radical (unpaired) electrons. The monoisotopic (exact) mass is 457 g/mol. The van der Waals surface area contributed by atoms with Crippen LogP contribution >= 0.6 is 11.8 Å². The van der Waals surface area contributed by atoms with E-state index in [4.69, 9.17) is 0 Å². The Kier molecular flexibility index (Phi) is 7.66. The number of nitro benzene ring substituents is 1. The Labute approximate surface area is 187 Å². The summed E-state index contributed by atoms with van der Waals surface area (Å²) in [5, 5.41) is 22.1. The zero-order valence-corrected chi connectivity index (χ0v) is 18.0. The highest BCUT2D eigenvalue weighted by atomic mass is 32.2. The molecule has 0 aliphatic heterocycles. The van der Waals surface area contributed by atoms with Gasteiger partial charge in [-0.15, -0.1) is 10.2 Å². The molecule has 9 nitrogen and oxygen atoms in total. The number of anilines is 1. The van der Waals surface area contributed by atoms with Gasteiger partial charge in [-0.05, 0) is 19.1 Å². The molecule has 2 aromatic carbocycles. The summed E-state index contributed by atoms with van der Waals surface area (Å²) in [5.41, 5.74) is 0.221. The molecule has 0 aliphatic carbocycles. The quantitative estimate of drug-likeness (QED) is 0.212. The van der Waals surface area contributed by atoms with Crippen LogP contribution in [0.3, 0.4) is 0 Å². The highest BCUT2D eigenvalue weighted by Crippen LogP contribution is 2.21. The molecule has 0 atom stereocenters. The summed E-state index contributed by atoms with van der Waals surface area (Å²) in [6, 6.07) is 11.5. The first-order valence-corrected chi connectivity index (χ1v) is 10.7. The molecule has 0 bridgehead atoms. The van der Waals surface area contributed by atoms with E-state index in [1.807, 2.05) is 6.92 Å². The molecule has 0 unspecified atom stereocenters. The van der Waals surface area contributed by atoms with Gasteiger partial charge < -0.3 is 9.88 Å². The van der Waals surface area contributed by atoms with Crippen LogP contribution in [0.15, 0.2) is 53.7 Å². The van der Waals surface area contributed by atoms with Crippen LogP contribution in [0.25, 0.3) is 0 Å². The summed E-state index contributed by atoms with van der Waals surface area (Å²) in [5.74, 6) is -0.523. The summed E-state index contributed by atoms with van der Waals surface area (Å²) in [6.07, 6.45) is 0.379. The Morgan fingerprint density at radius 3 is 2.69 bits per heavy atom. The van der Waals surface area contributed by atoms with Gasteiger partial charge in [-0.25, -0.2) is 4.39 Å². The molecule has 1 N–H and O–H groups in total. The Bertz CT molecular complexity index is 1150. The zero-order chi connectivity index (χ0) is 23.1. The minimum atomic E-state index is -0.549. The molecule has 1 heterocycles. The van der Waals surface area contributed by atoms with Crippen molar-refractivity contribution in [1.29, 1.82) is 0 Å². The molecule has 32 heavy (non-hydrogen) atoms. The molecule has 1 amide bonds. The van der Waals surface area contributed by atoms with Crippen molar-refractivity contribution in [2.24, 2.45) is 0 Å². The Balaban J connectivity index is 1.59. The highest BCUT2D eigenvalue weighted by Gasteiger charge is 2.17. The molecule has 0 aliphatic rings. The number of halogens is 1. The van der Waals surface area contributed by atoms with Crippen molar-refractivity contribution in [3.8, 4) is 0 Å². The molecule has 1 aromatic heterocycles. The number of aryl methyl sites for hydroxylation is 1. The molecule has 0 saturated heterocycles. The van der Waals surface area contributed by atoms with Gasteiger partial charge in [0.25, 0.3) is 5.69 Å². The number of carbonyl (C=O) groups is 2. The van der Waals surface area contributed by atoms with Crippen LogP contribution in [-0.4, -0.2) is 37.1 Å². The summed E-state index contributed by atoms with van der Waals surface area (Å²) in [7, 11) is 0. The van der Waals surface area contributed by atoms with E-state index < -0.39 is 10.7 Å². The largest absolute Gasteiger partial charge is 0.324 e. The first kappa shape index (κ1) is 23.1. The maximum Gasteiger partial charge on any atom is 0.270 e. The Hall–Kier alpha value is -3.60. The Morgan fingerprint density at radius 1 is 1.19 bits per heavy atom. The first-order valence-electron chi connectivity index (χ1n) is 9.76. The van der Waals surface area contributed by atoms with Gasteiger partial charge in [0.2, 0.25) is 5.91 Å². The van der Waals surface area contributed by atoms with Gasteiger partial charge in [0.1, 0.15) is 11.6 Å². The summed E-state index contributed by atoms with van der Waals surface area (Å²) in [4.78, 5) is 34.9. The summed E-state index contributed by atoms with van der Waals surface area (Å²) >= 11 is 1.17. The molecule has 3 rings (SSSR count). The predicted octanol–water partition coefficient (Wildman–Crippen LogP) is 3.89. The van der Waals surface area contributed by atoms with E-state index in [1.165, 1.54) is 54.2 Å². The number of rotatable bonds is 10. The first-order chi connectivity index (χ1) is 15.4. The number of hydrogen-bond donors (Lipinski definition) is 1. The number of nitrogens with one attached hydrogen (secondary N) is 1. The number of ketones is 1. The maximum absolute atomic E-state index is 13.7. The van der Waals surface area contributed by atoms with E-state index in [2.05, 4.69) is 15.5 Å². The average molecular weight is 457 g/mol. The van der Waals surface area contributed by atoms with Crippen molar-refractivity contribution in [3.05, 3.63) is 75.9 Å². The van der Waals surface area contributed by atoms with Crippen molar-refractivity contribution < 1.29 is 18.9 Å².